The maximum Gasteiger partial charge on any atom is 0.310 e. The van der Waals surface area contributed by atoms with Gasteiger partial charge >= 0.3 is 5.97 Å². The lowest BCUT2D eigenvalue weighted by atomic mass is 9.84. The van der Waals surface area contributed by atoms with Crippen LogP contribution in [0.25, 0.3) is 0 Å². The van der Waals surface area contributed by atoms with Crippen molar-refractivity contribution in [3.05, 3.63) is 48.0 Å². The third-order valence-electron chi connectivity index (χ3n) is 3.16. The van der Waals surface area contributed by atoms with E-state index in [4.69, 9.17) is 4.74 Å². The van der Waals surface area contributed by atoms with E-state index in [1.807, 2.05) is 25.1 Å². The van der Waals surface area contributed by atoms with Crippen molar-refractivity contribution in [1.29, 1.82) is 0 Å². The molecule has 0 radical (unpaired) electrons. The molecule has 0 aromatic heterocycles. The van der Waals surface area contributed by atoms with Crippen LogP contribution in [-0.4, -0.2) is 18.4 Å². The summed E-state index contributed by atoms with van der Waals surface area (Å²) >= 11 is 0. The van der Waals surface area contributed by atoms with Gasteiger partial charge < -0.3 is 4.74 Å². The SMILES string of the molecule is C=C(C)C[C@@H]1C(=O)OC[C@H]1C(=O)c1ccccc1. The summed E-state index contributed by atoms with van der Waals surface area (Å²) in [4.78, 5) is 24.0. The van der Waals surface area contributed by atoms with Crippen LogP contribution in [-0.2, 0) is 9.53 Å². The molecule has 2 rings (SSSR count). The molecular weight excluding hydrogens is 228 g/mol. The highest BCUT2D eigenvalue weighted by Gasteiger charge is 2.41. The molecule has 1 aliphatic rings. The van der Waals surface area contributed by atoms with Crippen molar-refractivity contribution in [3.8, 4) is 0 Å². The molecular formula is C15H16O3. The zero-order valence-corrected chi connectivity index (χ0v) is 10.4. The summed E-state index contributed by atoms with van der Waals surface area (Å²) in [6, 6.07) is 9.03. The van der Waals surface area contributed by atoms with Gasteiger partial charge in [-0.2, -0.15) is 0 Å². The van der Waals surface area contributed by atoms with Crippen molar-refractivity contribution in [3.63, 3.8) is 0 Å². The molecule has 0 N–H and O–H groups in total. The van der Waals surface area contributed by atoms with Gasteiger partial charge in [0.1, 0.15) is 6.61 Å². The first kappa shape index (κ1) is 12.6. The summed E-state index contributed by atoms with van der Waals surface area (Å²) in [5, 5.41) is 0. The zero-order chi connectivity index (χ0) is 13.1. The van der Waals surface area contributed by atoms with Crippen LogP contribution in [0, 0.1) is 11.8 Å². The molecule has 2 atom stereocenters. The molecule has 94 valence electrons. The third-order valence-corrected chi connectivity index (χ3v) is 3.16. The quantitative estimate of drug-likeness (QED) is 0.464. The Morgan fingerprint density at radius 1 is 1.39 bits per heavy atom. The predicted octanol–water partition coefficient (Wildman–Crippen LogP) is 2.62. The molecule has 0 amide bonds. The third kappa shape index (κ3) is 2.50. The normalized spacial score (nSPS) is 22.6. The minimum atomic E-state index is -0.379. The van der Waals surface area contributed by atoms with Crippen molar-refractivity contribution >= 4 is 11.8 Å². The standard InChI is InChI=1S/C15H16O3/c1-10(2)8-12-13(9-18-15(12)17)14(16)11-6-4-3-5-7-11/h3-7,12-13H,1,8-9H2,2H3/t12-,13+/m0/s1. The van der Waals surface area contributed by atoms with E-state index in [9.17, 15) is 9.59 Å². The van der Waals surface area contributed by atoms with Gasteiger partial charge in [-0.1, -0.05) is 35.9 Å². The highest BCUT2D eigenvalue weighted by Crippen LogP contribution is 2.30. The van der Waals surface area contributed by atoms with Crippen molar-refractivity contribution in [1.82, 2.24) is 0 Å². The number of hydrogen-bond donors (Lipinski definition) is 0. The first-order chi connectivity index (χ1) is 8.59. The van der Waals surface area contributed by atoms with E-state index in [1.54, 1.807) is 12.1 Å². The number of allylic oxidation sites excluding steroid dienone is 1. The minimum Gasteiger partial charge on any atom is -0.465 e. The van der Waals surface area contributed by atoms with Gasteiger partial charge in [0.15, 0.2) is 5.78 Å². The zero-order valence-electron chi connectivity index (χ0n) is 10.4. The summed E-state index contributed by atoms with van der Waals surface area (Å²) in [5.74, 6) is -1.06. The molecule has 1 aromatic carbocycles. The van der Waals surface area contributed by atoms with Gasteiger partial charge in [0.25, 0.3) is 0 Å². The largest absolute Gasteiger partial charge is 0.465 e. The van der Waals surface area contributed by atoms with E-state index in [1.165, 1.54) is 0 Å². The monoisotopic (exact) mass is 244 g/mol. The molecule has 1 aromatic rings. The molecule has 0 bridgehead atoms. The number of carbonyl (C=O) groups is 2. The summed E-state index contributed by atoms with van der Waals surface area (Å²) in [6.45, 7) is 5.84. The number of esters is 1. The maximum atomic E-state index is 12.3. The number of benzene rings is 1. The first-order valence-electron chi connectivity index (χ1n) is 6.00. The molecule has 3 heteroatoms. The van der Waals surface area contributed by atoms with Gasteiger partial charge in [-0.3, -0.25) is 9.59 Å². The van der Waals surface area contributed by atoms with E-state index in [0.717, 1.165) is 5.57 Å². The van der Waals surface area contributed by atoms with Crippen molar-refractivity contribution < 1.29 is 14.3 Å². The highest BCUT2D eigenvalue weighted by molar-refractivity contribution is 6.01. The second kappa shape index (κ2) is 5.17. The van der Waals surface area contributed by atoms with E-state index in [0.29, 0.717) is 12.0 Å². The number of ketones is 1. The van der Waals surface area contributed by atoms with E-state index >= 15 is 0 Å². The highest BCUT2D eigenvalue weighted by atomic mass is 16.5. The molecule has 0 unspecified atom stereocenters. The maximum absolute atomic E-state index is 12.3. The topological polar surface area (TPSA) is 43.4 Å². The molecule has 3 nitrogen and oxygen atoms in total. The van der Waals surface area contributed by atoms with Crippen LogP contribution in [0.3, 0.4) is 0 Å². The van der Waals surface area contributed by atoms with Crippen molar-refractivity contribution in [2.24, 2.45) is 11.8 Å². The Kier molecular flexibility index (Phi) is 3.60. The smallest absolute Gasteiger partial charge is 0.310 e. The first-order valence-corrected chi connectivity index (χ1v) is 6.00. The van der Waals surface area contributed by atoms with Crippen LogP contribution in [0.15, 0.2) is 42.5 Å². The van der Waals surface area contributed by atoms with Gasteiger partial charge in [-0.05, 0) is 13.3 Å². The Balaban J connectivity index is 2.19. The lowest BCUT2D eigenvalue weighted by Crippen LogP contribution is -2.24. The number of cyclic esters (lactones) is 1. The lowest BCUT2D eigenvalue weighted by Gasteiger charge is -2.13. The van der Waals surface area contributed by atoms with Crippen LogP contribution in [0.2, 0.25) is 0 Å². The van der Waals surface area contributed by atoms with E-state index in [2.05, 4.69) is 6.58 Å². The van der Waals surface area contributed by atoms with Crippen LogP contribution in [0.4, 0.5) is 0 Å². The van der Waals surface area contributed by atoms with Gasteiger partial charge in [0.05, 0.1) is 11.8 Å². The molecule has 18 heavy (non-hydrogen) atoms. The van der Waals surface area contributed by atoms with Gasteiger partial charge in [0.2, 0.25) is 0 Å². The lowest BCUT2D eigenvalue weighted by molar-refractivity contribution is -0.141. The number of hydrogen-bond acceptors (Lipinski definition) is 3. The van der Waals surface area contributed by atoms with Crippen LogP contribution >= 0.6 is 0 Å². The Bertz CT molecular complexity index is 476. The average Bonchev–Trinajstić information content (AvgIpc) is 2.71. The Labute approximate surface area is 106 Å². The summed E-state index contributed by atoms with van der Waals surface area (Å²) < 4.78 is 5.02. The molecule has 1 aliphatic heterocycles. The minimum absolute atomic E-state index is 0.0206. The van der Waals surface area contributed by atoms with Crippen LogP contribution < -0.4 is 0 Å². The molecule has 1 fully saturated rings. The van der Waals surface area contributed by atoms with Crippen molar-refractivity contribution in [2.75, 3.05) is 6.61 Å². The number of ether oxygens (including phenoxy) is 1. The average molecular weight is 244 g/mol. The number of rotatable bonds is 4. The molecule has 1 heterocycles. The summed E-state index contributed by atoms with van der Waals surface area (Å²) in [6.07, 6.45) is 0.516. The number of carbonyl (C=O) groups excluding carboxylic acids is 2. The summed E-state index contributed by atoms with van der Waals surface area (Å²) in [7, 11) is 0. The fraction of sp³-hybridized carbons (Fsp3) is 0.333. The van der Waals surface area contributed by atoms with Gasteiger partial charge in [0, 0.05) is 5.56 Å². The second-order valence-corrected chi connectivity index (χ2v) is 4.73. The van der Waals surface area contributed by atoms with Crippen molar-refractivity contribution in [2.45, 2.75) is 13.3 Å². The van der Waals surface area contributed by atoms with Crippen LogP contribution in [0.1, 0.15) is 23.7 Å². The van der Waals surface area contributed by atoms with E-state index in [-0.39, 0.29) is 30.2 Å². The Hall–Kier alpha value is -1.90. The van der Waals surface area contributed by atoms with Gasteiger partial charge in [-0.15, -0.1) is 6.58 Å². The van der Waals surface area contributed by atoms with E-state index < -0.39 is 0 Å². The predicted molar refractivity (Wildman–Crippen MR) is 68.1 cm³/mol. The fourth-order valence-electron chi connectivity index (χ4n) is 2.24. The Morgan fingerprint density at radius 3 is 2.67 bits per heavy atom. The second-order valence-electron chi connectivity index (χ2n) is 4.73. The Morgan fingerprint density at radius 2 is 2.06 bits per heavy atom. The van der Waals surface area contributed by atoms with Gasteiger partial charge in [-0.25, -0.2) is 0 Å². The number of Topliss-reactive ketones (excluding diaryl/α,β-unsaturated/α-hetero) is 1. The fourth-order valence-corrected chi connectivity index (χ4v) is 2.24. The van der Waals surface area contributed by atoms with Crippen LogP contribution in [0.5, 0.6) is 0 Å². The summed E-state index contributed by atoms with van der Waals surface area (Å²) in [5.41, 5.74) is 1.53. The molecule has 0 aliphatic carbocycles. The molecule has 0 spiro atoms. The molecule has 0 saturated carbocycles. The molecule has 1 saturated heterocycles.